The lowest BCUT2D eigenvalue weighted by atomic mass is 10.0. The number of nitrogens with zero attached hydrogens (tertiary/aromatic N) is 3. The zero-order valence-electron chi connectivity index (χ0n) is 15.6. The van der Waals surface area contributed by atoms with Crippen LogP contribution in [0.3, 0.4) is 0 Å². The number of carbonyl (C=O) groups is 1. The maximum atomic E-state index is 13.2. The molecule has 1 heterocycles. The van der Waals surface area contributed by atoms with Crippen LogP contribution >= 0.6 is 11.3 Å². The second kappa shape index (κ2) is 8.43. The van der Waals surface area contributed by atoms with Gasteiger partial charge in [0.1, 0.15) is 11.0 Å². The zero-order chi connectivity index (χ0) is 18.5. The van der Waals surface area contributed by atoms with E-state index in [1.54, 1.807) is 11.3 Å². The highest BCUT2D eigenvalue weighted by molar-refractivity contribution is 7.18. The van der Waals surface area contributed by atoms with E-state index in [4.69, 9.17) is 4.98 Å². The van der Waals surface area contributed by atoms with Crippen LogP contribution in [0.25, 0.3) is 10.2 Å². The number of rotatable bonds is 7. The molecule has 3 rings (SSSR count). The molecule has 3 aromatic rings. The smallest absolute Gasteiger partial charge is 0.244 e. The van der Waals surface area contributed by atoms with Gasteiger partial charge in [0.15, 0.2) is 0 Å². The molecule has 26 heavy (non-hydrogen) atoms. The molecule has 0 aliphatic rings. The SMILES string of the molecule is CCN(CC)C(=O)[C@@H](c1ccccc1)N(C)Cc1nc2ccccc2s1. The van der Waals surface area contributed by atoms with Crippen LogP contribution in [0.15, 0.2) is 54.6 Å². The molecule has 4 nitrogen and oxygen atoms in total. The normalized spacial score (nSPS) is 12.5. The van der Waals surface area contributed by atoms with Gasteiger partial charge < -0.3 is 4.90 Å². The van der Waals surface area contributed by atoms with Crippen molar-refractivity contribution >= 4 is 27.5 Å². The quantitative estimate of drug-likeness (QED) is 0.623. The summed E-state index contributed by atoms with van der Waals surface area (Å²) in [6.07, 6.45) is 0. The molecule has 2 aromatic carbocycles. The van der Waals surface area contributed by atoms with Crippen LogP contribution in [0.2, 0.25) is 0 Å². The minimum Gasteiger partial charge on any atom is -0.342 e. The topological polar surface area (TPSA) is 36.4 Å². The molecule has 0 fully saturated rings. The summed E-state index contributed by atoms with van der Waals surface area (Å²) in [5.41, 5.74) is 2.04. The largest absolute Gasteiger partial charge is 0.342 e. The number of aromatic nitrogens is 1. The monoisotopic (exact) mass is 367 g/mol. The molecule has 0 radical (unpaired) electrons. The summed E-state index contributed by atoms with van der Waals surface area (Å²) in [4.78, 5) is 21.9. The molecular formula is C21H25N3OS. The first kappa shape index (κ1) is 18.5. The van der Waals surface area contributed by atoms with Gasteiger partial charge in [-0.05, 0) is 38.6 Å². The maximum absolute atomic E-state index is 13.2. The van der Waals surface area contributed by atoms with E-state index < -0.39 is 0 Å². The molecule has 5 heteroatoms. The molecule has 0 bridgehead atoms. The number of thiazole rings is 1. The Morgan fingerprint density at radius 3 is 2.35 bits per heavy atom. The highest BCUT2D eigenvalue weighted by Gasteiger charge is 2.28. The third-order valence-corrected chi connectivity index (χ3v) is 5.61. The van der Waals surface area contributed by atoms with Crippen LogP contribution in [0.1, 0.15) is 30.5 Å². The molecule has 1 atom stereocenters. The predicted octanol–water partition coefficient (Wildman–Crippen LogP) is 4.34. The summed E-state index contributed by atoms with van der Waals surface area (Å²) in [6, 6.07) is 17.9. The minimum atomic E-state index is -0.303. The third kappa shape index (κ3) is 3.94. The molecule has 0 aliphatic heterocycles. The number of carbonyl (C=O) groups excluding carboxylic acids is 1. The average Bonchev–Trinajstić information content (AvgIpc) is 3.06. The van der Waals surface area contributed by atoms with E-state index in [1.807, 2.05) is 74.3 Å². The van der Waals surface area contributed by atoms with E-state index in [0.29, 0.717) is 19.6 Å². The van der Waals surface area contributed by atoms with E-state index >= 15 is 0 Å². The number of amides is 1. The lowest BCUT2D eigenvalue weighted by Gasteiger charge is -2.31. The van der Waals surface area contributed by atoms with Crippen LogP contribution in [-0.4, -0.2) is 40.8 Å². The number of hydrogen-bond donors (Lipinski definition) is 0. The van der Waals surface area contributed by atoms with Crippen LogP contribution in [0.4, 0.5) is 0 Å². The number of para-hydroxylation sites is 1. The van der Waals surface area contributed by atoms with E-state index in [9.17, 15) is 4.79 Å². The highest BCUT2D eigenvalue weighted by atomic mass is 32.1. The Morgan fingerprint density at radius 1 is 1.04 bits per heavy atom. The highest BCUT2D eigenvalue weighted by Crippen LogP contribution is 2.27. The van der Waals surface area contributed by atoms with Gasteiger partial charge in [-0.2, -0.15) is 0 Å². The molecule has 1 amide bonds. The van der Waals surface area contributed by atoms with Crippen molar-refractivity contribution in [1.29, 1.82) is 0 Å². The van der Waals surface area contributed by atoms with Gasteiger partial charge in [-0.3, -0.25) is 9.69 Å². The van der Waals surface area contributed by atoms with Crippen LogP contribution < -0.4 is 0 Å². The molecule has 136 valence electrons. The molecule has 0 saturated heterocycles. The zero-order valence-corrected chi connectivity index (χ0v) is 16.4. The molecule has 0 spiro atoms. The Balaban J connectivity index is 1.88. The van der Waals surface area contributed by atoms with E-state index in [0.717, 1.165) is 16.1 Å². The molecule has 0 unspecified atom stereocenters. The van der Waals surface area contributed by atoms with Crippen molar-refractivity contribution in [2.75, 3.05) is 20.1 Å². The number of benzene rings is 2. The van der Waals surface area contributed by atoms with Crippen molar-refractivity contribution in [3.8, 4) is 0 Å². The van der Waals surface area contributed by atoms with Crippen molar-refractivity contribution in [1.82, 2.24) is 14.8 Å². The van der Waals surface area contributed by atoms with Gasteiger partial charge in [0.2, 0.25) is 5.91 Å². The van der Waals surface area contributed by atoms with Crippen molar-refractivity contribution < 1.29 is 4.79 Å². The molecule has 0 saturated carbocycles. The van der Waals surface area contributed by atoms with Crippen LogP contribution in [-0.2, 0) is 11.3 Å². The summed E-state index contributed by atoms with van der Waals surface area (Å²) in [7, 11) is 2.01. The van der Waals surface area contributed by atoms with Gasteiger partial charge in [-0.15, -0.1) is 11.3 Å². The van der Waals surface area contributed by atoms with E-state index in [1.165, 1.54) is 4.70 Å². The van der Waals surface area contributed by atoms with Crippen molar-refractivity contribution in [3.63, 3.8) is 0 Å². The summed E-state index contributed by atoms with van der Waals surface area (Å²) >= 11 is 1.69. The number of fused-ring (bicyclic) bond motifs is 1. The van der Waals surface area contributed by atoms with E-state index in [2.05, 4.69) is 11.0 Å². The maximum Gasteiger partial charge on any atom is 0.244 e. The molecule has 1 aromatic heterocycles. The van der Waals surface area contributed by atoms with Gasteiger partial charge in [0.25, 0.3) is 0 Å². The van der Waals surface area contributed by atoms with Crippen LogP contribution in [0.5, 0.6) is 0 Å². The number of likely N-dealkylation sites (N-methyl/N-ethyl adjacent to an activating group) is 2. The second-order valence-electron chi connectivity index (χ2n) is 6.31. The summed E-state index contributed by atoms with van der Waals surface area (Å²) < 4.78 is 1.18. The Hall–Kier alpha value is -2.24. The molecule has 0 N–H and O–H groups in total. The fourth-order valence-corrected chi connectivity index (χ4v) is 4.25. The van der Waals surface area contributed by atoms with Gasteiger partial charge in [-0.25, -0.2) is 4.98 Å². The van der Waals surface area contributed by atoms with Gasteiger partial charge in [-0.1, -0.05) is 42.5 Å². The minimum absolute atomic E-state index is 0.143. The lowest BCUT2D eigenvalue weighted by Crippen LogP contribution is -2.41. The number of hydrogen-bond acceptors (Lipinski definition) is 4. The fraction of sp³-hybridized carbons (Fsp3) is 0.333. The molecular weight excluding hydrogens is 342 g/mol. The summed E-state index contributed by atoms with van der Waals surface area (Å²) in [6.45, 7) is 6.13. The van der Waals surface area contributed by atoms with Crippen molar-refractivity contribution in [2.45, 2.75) is 26.4 Å². The second-order valence-corrected chi connectivity index (χ2v) is 7.43. The first-order valence-corrected chi connectivity index (χ1v) is 9.84. The summed E-state index contributed by atoms with van der Waals surface area (Å²) in [5, 5.41) is 1.03. The Kier molecular flexibility index (Phi) is 6.01. The van der Waals surface area contributed by atoms with Gasteiger partial charge in [0, 0.05) is 13.1 Å². The van der Waals surface area contributed by atoms with Crippen molar-refractivity contribution in [2.24, 2.45) is 0 Å². The third-order valence-electron chi connectivity index (χ3n) is 4.59. The molecule has 0 aliphatic carbocycles. The Morgan fingerprint density at radius 2 is 1.69 bits per heavy atom. The average molecular weight is 368 g/mol. The first-order chi connectivity index (χ1) is 12.6. The van der Waals surface area contributed by atoms with Gasteiger partial charge in [0.05, 0.1) is 16.8 Å². The predicted molar refractivity (Wildman–Crippen MR) is 108 cm³/mol. The fourth-order valence-electron chi connectivity index (χ4n) is 3.22. The van der Waals surface area contributed by atoms with Crippen LogP contribution in [0, 0.1) is 0 Å². The summed E-state index contributed by atoms with van der Waals surface area (Å²) in [5.74, 6) is 0.143. The first-order valence-electron chi connectivity index (χ1n) is 9.02. The van der Waals surface area contributed by atoms with Gasteiger partial charge >= 0.3 is 0 Å². The Labute approximate surface area is 159 Å². The Bertz CT molecular complexity index is 825. The lowest BCUT2D eigenvalue weighted by molar-refractivity contribution is -0.136. The van der Waals surface area contributed by atoms with E-state index in [-0.39, 0.29) is 11.9 Å². The van der Waals surface area contributed by atoms with Crippen molar-refractivity contribution in [3.05, 3.63) is 65.2 Å². The standard InChI is InChI=1S/C21H25N3OS/c1-4-24(5-2)21(25)20(16-11-7-6-8-12-16)23(3)15-19-22-17-13-9-10-14-18(17)26-19/h6-14,20H,4-5,15H2,1-3H3/t20-/m1/s1.